The van der Waals surface area contributed by atoms with Crippen LogP contribution in [0.1, 0.15) is 26.2 Å². The topological polar surface area (TPSA) is 20.3 Å². The minimum Gasteiger partial charge on any atom is -0.312 e. The second-order valence-electron chi connectivity index (χ2n) is 4.05. The maximum Gasteiger partial charge on any atom is 0.230 e. The Kier molecular flexibility index (Phi) is 3.05. The number of carbonyl (C=O) groups is 1. The number of hydrogen-bond donors (Lipinski definition) is 0. The number of hydrogen-bond acceptors (Lipinski definition) is 1. The van der Waals surface area contributed by atoms with Gasteiger partial charge in [0.15, 0.2) is 0 Å². The summed E-state index contributed by atoms with van der Waals surface area (Å²) in [4.78, 5) is 14.0. The molecule has 0 bridgehead atoms. The molecule has 0 aromatic heterocycles. The van der Waals surface area contributed by atoms with Crippen molar-refractivity contribution in [3.8, 4) is 0 Å². The molecule has 1 aliphatic carbocycles. The van der Waals surface area contributed by atoms with E-state index in [-0.39, 0.29) is 5.92 Å². The van der Waals surface area contributed by atoms with E-state index >= 15 is 0 Å². The Morgan fingerprint density at radius 3 is 2.47 bits per heavy atom. The minimum absolute atomic E-state index is 0.283. The third-order valence-electron chi connectivity index (χ3n) is 3.10. The summed E-state index contributed by atoms with van der Waals surface area (Å²) in [5.74, 6) is 0.583. The first kappa shape index (κ1) is 10.2. The lowest BCUT2D eigenvalue weighted by atomic mass is 9.84. The summed E-state index contributed by atoms with van der Waals surface area (Å²) in [6.45, 7) is 2.79. The molecule has 0 radical (unpaired) electrons. The number of para-hydroxylation sites is 1. The van der Waals surface area contributed by atoms with Crippen LogP contribution in [-0.2, 0) is 4.79 Å². The van der Waals surface area contributed by atoms with Crippen molar-refractivity contribution >= 4 is 11.6 Å². The van der Waals surface area contributed by atoms with Crippen LogP contribution in [0.25, 0.3) is 0 Å². The number of rotatable bonds is 3. The Bertz CT molecular complexity index is 330. The Labute approximate surface area is 90.9 Å². The van der Waals surface area contributed by atoms with E-state index in [1.807, 2.05) is 42.2 Å². The van der Waals surface area contributed by atoms with E-state index in [1.165, 1.54) is 6.42 Å². The molecule has 0 aliphatic heterocycles. The zero-order valence-corrected chi connectivity index (χ0v) is 9.15. The van der Waals surface area contributed by atoms with Crippen molar-refractivity contribution in [2.45, 2.75) is 26.2 Å². The van der Waals surface area contributed by atoms with Crippen LogP contribution in [-0.4, -0.2) is 12.5 Å². The first-order chi connectivity index (χ1) is 7.33. The fourth-order valence-corrected chi connectivity index (χ4v) is 1.95. The van der Waals surface area contributed by atoms with E-state index in [2.05, 4.69) is 0 Å². The Morgan fingerprint density at radius 2 is 2.00 bits per heavy atom. The van der Waals surface area contributed by atoms with Gasteiger partial charge in [0.05, 0.1) is 0 Å². The van der Waals surface area contributed by atoms with E-state index < -0.39 is 0 Å². The molecule has 0 saturated heterocycles. The van der Waals surface area contributed by atoms with Crippen LogP contribution in [0.5, 0.6) is 0 Å². The number of anilines is 1. The molecule has 80 valence electrons. The average molecular weight is 203 g/mol. The zero-order valence-electron chi connectivity index (χ0n) is 9.15. The van der Waals surface area contributed by atoms with Crippen molar-refractivity contribution in [3.05, 3.63) is 30.3 Å². The third kappa shape index (κ3) is 2.04. The molecule has 1 aliphatic rings. The van der Waals surface area contributed by atoms with Crippen molar-refractivity contribution in [2.75, 3.05) is 11.4 Å². The van der Waals surface area contributed by atoms with Gasteiger partial charge in [-0.15, -0.1) is 0 Å². The molecule has 1 saturated carbocycles. The summed E-state index contributed by atoms with van der Waals surface area (Å²) in [6.07, 6.45) is 3.35. The fraction of sp³-hybridized carbons (Fsp3) is 0.462. The summed E-state index contributed by atoms with van der Waals surface area (Å²) >= 11 is 0. The SMILES string of the molecule is CCN(C(=O)C1CCC1)c1ccccc1. The summed E-state index contributed by atoms with van der Waals surface area (Å²) in [5, 5.41) is 0. The van der Waals surface area contributed by atoms with Gasteiger partial charge in [-0.25, -0.2) is 0 Å². The first-order valence-electron chi connectivity index (χ1n) is 5.69. The van der Waals surface area contributed by atoms with Gasteiger partial charge in [0, 0.05) is 18.2 Å². The Hall–Kier alpha value is -1.31. The van der Waals surface area contributed by atoms with Crippen LogP contribution in [0.4, 0.5) is 5.69 Å². The molecule has 0 unspecified atom stereocenters. The highest BCUT2D eigenvalue weighted by atomic mass is 16.2. The molecular formula is C13H17NO. The summed E-state index contributed by atoms with van der Waals surface area (Å²) in [6, 6.07) is 9.93. The smallest absolute Gasteiger partial charge is 0.230 e. The van der Waals surface area contributed by atoms with Gasteiger partial charge in [0.2, 0.25) is 5.91 Å². The lowest BCUT2D eigenvalue weighted by molar-refractivity contribution is -0.124. The van der Waals surface area contributed by atoms with E-state index in [0.717, 1.165) is 25.1 Å². The predicted octanol–water partition coefficient (Wildman–Crippen LogP) is 2.84. The maximum absolute atomic E-state index is 12.1. The van der Waals surface area contributed by atoms with Gasteiger partial charge in [-0.3, -0.25) is 4.79 Å². The van der Waals surface area contributed by atoms with Crippen LogP contribution in [0, 0.1) is 5.92 Å². The highest BCUT2D eigenvalue weighted by Crippen LogP contribution is 2.29. The van der Waals surface area contributed by atoms with E-state index in [0.29, 0.717) is 5.91 Å². The normalized spacial score (nSPS) is 15.8. The first-order valence-corrected chi connectivity index (χ1v) is 5.69. The van der Waals surface area contributed by atoms with Gasteiger partial charge in [0.25, 0.3) is 0 Å². The largest absolute Gasteiger partial charge is 0.312 e. The van der Waals surface area contributed by atoms with Gasteiger partial charge < -0.3 is 4.90 Å². The van der Waals surface area contributed by atoms with E-state index in [1.54, 1.807) is 0 Å². The maximum atomic E-state index is 12.1. The molecular weight excluding hydrogens is 186 g/mol. The summed E-state index contributed by atoms with van der Waals surface area (Å²) < 4.78 is 0. The molecule has 0 N–H and O–H groups in total. The van der Waals surface area contributed by atoms with Crippen LogP contribution < -0.4 is 4.90 Å². The van der Waals surface area contributed by atoms with Crippen molar-refractivity contribution in [2.24, 2.45) is 5.92 Å². The van der Waals surface area contributed by atoms with E-state index in [4.69, 9.17) is 0 Å². The van der Waals surface area contributed by atoms with Gasteiger partial charge in [-0.05, 0) is 31.9 Å². The van der Waals surface area contributed by atoms with Crippen LogP contribution in [0.3, 0.4) is 0 Å². The van der Waals surface area contributed by atoms with Crippen LogP contribution >= 0.6 is 0 Å². The zero-order chi connectivity index (χ0) is 10.7. The quantitative estimate of drug-likeness (QED) is 0.739. The highest BCUT2D eigenvalue weighted by Gasteiger charge is 2.29. The van der Waals surface area contributed by atoms with Gasteiger partial charge >= 0.3 is 0 Å². The highest BCUT2D eigenvalue weighted by molar-refractivity contribution is 5.95. The van der Waals surface area contributed by atoms with Crippen molar-refractivity contribution in [1.29, 1.82) is 0 Å². The monoisotopic (exact) mass is 203 g/mol. The fourth-order valence-electron chi connectivity index (χ4n) is 1.95. The standard InChI is InChI=1S/C13H17NO/c1-2-14(12-9-4-3-5-10-12)13(15)11-7-6-8-11/h3-5,9-11H,2,6-8H2,1H3. The second-order valence-corrected chi connectivity index (χ2v) is 4.05. The van der Waals surface area contributed by atoms with Crippen LogP contribution in [0.15, 0.2) is 30.3 Å². The average Bonchev–Trinajstić information content (AvgIpc) is 2.18. The molecule has 1 fully saturated rings. The third-order valence-corrected chi connectivity index (χ3v) is 3.10. The molecule has 0 heterocycles. The Balaban J connectivity index is 2.13. The predicted molar refractivity (Wildman–Crippen MR) is 61.8 cm³/mol. The molecule has 1 amide bonds. The molecule has 1 aromatic rings. The number of carbonyl (C=O) groups excluding carboxylic acids is 1. The van der Waals surface area contributed by atoms with Crippen molar-refractivity contribution < 1.29 is 4.79 Å². The molecule has 2 heteroatoms. The van der Waals surface area contributed by atoms with Crippen molar-refractivity contribution in [3.63, 3.8) is 0 Å². The minimum atomic E-state index is 0.283. The molecule has 0 atom stereocenters. The lowest BCUT2D eigenvalue weighted by Gasteiger charge is -2.31. The number of amides is 1. The van der Waals surface area contributed by atoms with Gasteiger partial charge in [0.1, 0.15) is 0 Å². The summed E-state index contributed by atoms with van der Waals surface area (Å²) in [5.41, 5.74) is 1.02. The van der Waals surface area contributed by atoms with Gasteiger partial charge in [-0.1, -0.05) is 24.6 Å². The lowest BCUT2D eigenvalue weighted by Crippen LogP contribution is -2.38. The second kappa shape index (κ2) is 4.47. The van der Waals surface area contributed by atoms with Gasteiger partial charge in [-0.2, -0.15) is 0 Å². The molecule has 2 rings (SSSR count). The number of nitrogens with zero attached hydrogens (tertiary/aromatic N) is 1. The molecule has 0 spiro atoms. The van der Waals surface area contributed by atoms with Crippen LogP contribution in [0.2, 0.25) is 0 Å². The molecule has 1 aromatic carbocycles. The molecule has 15 heavy (non-hydrogen) atoms. The van der Waals surface area contributed by atoms with Crippen molar-refractivity contribution in [1.82, 2.24) is 0 Å². The summed E-state index contributed by atoms with van der Waals surface area (Å²) in [7, 11) is 0. The van der Waals surface area contributed by atoms with E-state index in [9.17, 15) is 4.79 Å². The molecule has 2 nitrogen and oxygen atoms in total. The Morgan fingerprint density at radius 1 is 1.33 bits per heavy atom. The number of benzene rings is 1.